The smallest absolute Gasteiger partial charge is 0.262 e. The van der Waals surface area contributed by atoms with E-state index in [-0.39, 0.29) is 12.1 Å². The summed E-state index contributed by atoms with van der Waals surface area (Å²) in [5.74, 6) is 1.26. The van der Waals surface area contributed by atoms with Crippen LogP contribution in [-0.2, 0) is 17.9 Å². The normalized spacial score (nSPS) is 10.9. The predicted molar refractivity (Wildman–Crippen MR) is 120 cm³/mol. The molecule has 1 N–H and O–H groups in total. The Labute approximate surface area is 189 Å². The van der Waals surface area contributed by atoms with Crippen LogP contribution in [-0.4, -0.2) is 12.5 Å². The number of hydrogen-bond donors (Lipinski definition) is 1. The molecule has 0 radical (unpaired) electrons. The van der Waals surface area contributed by atoms with Gasteiger partial charge in [0.15, 0.2) is 11.5 Å². The highest BCUT2D eigenvalue weighted by Crippen LogP contribution is 2.30. The Balaban J connectivity index is 1.72. The summed E-state index contributed by atoms with van der Waals surface area (Å²) in [5, 5.41) is 12.1. The van der Waals surface area contributed by atoms with Crippen molar-refractivity contribution in [3.8, 4) is 17.6 Å². The van der Waals surface area contributed by atoms with Gasteiger partial charge in [-0.05, 0) is 60.5 Å². The van der Waals surface area contributed by atoms with Crippen molar-refractivity contribution in [2.24, 2.45) is 0 Å². The van der Waals surface area contributed by atoms with Crippen molar-refractivity contribution < 1.29 is 18.7 Å². The molecular weight excluding hydrogens is 460 g/mol. The Kier molecular flexibility index (Phi) is 7.91. The molecule has 0 saturated heterocycles. The lowest BCUT2D eigenvalue weighted by Gasteiger charge is -2.13. The lowest BCUT2D eigenvalue weighted by molar-refractivity contribution is -0.117. The Morgan fingerprint density at radius 3 is 2.65 bits per heavy atom. The second kappa shape index (κ2) is 11.0. The van der Waals surface area contributed by atoms with Crippen molar-refractivity contribution >= 4 is 27.9 Å². The first kappa shape index (κ1) is 22.2. The van der Waals surface area contributed by atoms with E-state index in [1.807, 2.05) is 37.3 Å². The number of amides is 1. The number of nitrogens with one attached hydrogen (secondary N) is 1. The van der Waals surface area contributed by atoms with Crippen LogP contribution in [0.15, 0.2) is 75.3 Å². The van der Waals surface area contributed by atoms with Crippen molar-refractivity contribution in [1.29, 1.82) is 5.26 Å². The summed E-state index contributed by atoms with van der Waals surface area (Å²) in [7, 11) is 0. The second-order valence-corrected chi connectivity index (χ2v) is 7.40. The van der Waals surface area contributed by atoms with Gasteiger partial charge in [0.2, 0.25) is 0 Å². The van der Waals surface area contributed by atoms with Crippen LogP contribution in [0.1, 0.15) is 23.8 Å². The van der Waals surface area contributed by atoms with Crippen LogP contribution in [0.2, 0.25) is 0 Å². The largest absolute Gasteiger partial charge is 0.490 e. The number of furan rings is 1. The molecule has 0 bridgehead atoms. The lowest BCUT2D eigenvalue weighted by atomic mass is 10.1. The van der Waals surface area contributed by atoms with Gasteiger partial charge in [-0.1, -0.05) is 34.1 Å². The summed E-state index contributed by atoms with van der Waals surface area (Å²) in [4.78, 5) is 12.3. The maximum absolute atomic E-state index is 12.3. The highest BCUT2D eigenvalue weighted by molar-refractivity contribution is 9.10. The molecule has 31 heavy (non-hydrogen) atoms. The van der Waals surface area contributed by atoms with E-state index in [9.17, 15) is 10.1 Å². The fourth-order valence-corrected chi connectivity index (χ4v) is 3.00. The van der Waals surface area contributed by atoms with Crippen molar-refractivity contribution in [1.82, 2.24) is 5.32 Å². The number of rotatable bonds is 9. The zero-order chi connectivity index (χ0) is 22.1. The Morgan fingerprint density at radius 2 is 1.97 bits per heavy atom. The van der Waals surface area contributed by atoms with Gasteiger partial charge in [-0.15, -0.1) is 0 Å². The third kappa shape index (κ3) is 6.49. The van der Waals surface area contributed by atoms with Gasteiger partial charge in [0.25, 0.3) is 5.91 Å². The van der Waals surface area contributed by atoms with Crippen molar-refractivity contribution in [3.05, 3.63) is 87.8 Å². The molecule has 2 aromatic carbocycles. The van der Waals surface area contributed by atoms with Crippen LogP contribution in [0.3, 0.4) is 0 Å². The fourth-order valence-electron chi connectivity index (χ4n) is 2.73. The molecule has 0 fully saturated rings. The molecule has 0 aliphatic heterocycles. The number of hydrogen-bond acceptors (Lipinski definition) is 5. The Bertz CT molecular complexity index is 1080. The number of nitriles is 1. The monoisotopic (exact) mass is 480 g/mol. The van der Waals surface area contributed by atoms with Gasteiger partial charge in [-0.25, -0.2) is 0 Å². The second-order valence-electron chi connectivity index (χ2n) is 6.49. The van der Waals surface area contributed by atoms with Gasteiger partial charge in [0, 0.05) is 4.47 Å². The van der Waals surface area contributed by atoms with Gasteiger partial charge < -0.3 is 19.2 Å². The SMILES string of the molecule is CCOc1cc(/C=C(\C#N)C(=O)NCc2ccco2)ccc1OCc1ccc(Br)cc1. The molecule has 0 saturated carbocycles. The third-order valence-electron chi connectivity index (χ3n) is 4.25. The molecule has 1 amide bonds. The lowest BCUT2D eigenvalue weighted by Crippen LogP contribution is -2.23. The Hall–Kier alpha value is -3.50. The maximum Gasteiger partial charge on any atom is 0.262 e. The number of carbonyl (C=O) groups is 1. The molecule has 0 unspecified atom stereocenters. The molecule has 1 heterocycles. The summed E-state index contributed by atoms with van der Waals surface area (Å²) < 4.78 is 17.8. The summed E-state index contributed by atoms with van der Waals surface area (Å²) in [6.07, 6.45) is 3.04. The first-order valence-electron chi connectivity index (χ1n) is 9.65. The summed E-state index contributed by atoms with van der Waals surface area (Å²) in [6, 6.07) is 18.6. The fraction of sp³-hybridized carbons (Fsp3) is 0.167. The summed E-state index contributed by atoms with van der Waals surface area (Å²) in [5.41, 5.74) is 1.66. The van der Waals surface area contributed by atoms with Gasteiger partial charge >= 0.3 is 0 Å². The molecule has 0 spiro atoms. The summed E-state index contributed by atoms with van der Waals surface area (Å²) in [6.45, 7) is 2.93. The average molecular weight is 481 g/mol. The number of ether oxygens (including phenoxy) is 2. The number of halogens is 1. The van der Waals surface area contributed by atoms with E-state index in [1.54, 1.807) is 30.3 Å². The predicted octanol–water partition coefficient (Wildman–Crippen LogP) is 5.24. The van der Waals surface area contributed by atoms with Gasteiger partial charge in [0.1, 0.15) is 24.0 Å². The average Bonchev–Trinajstić information content (AvgIpc) is 3.30. The molecule has 1 aromatic heterocycles. The van der Waals surface area contributed by atoms with E-state index >= 15 is 0 Å². The zero-order valence-electron chi connectivity index (χ0n) is 16.9. The van der Waals surface area contributed by atoms with E-state index < -0.39 is 5.91 Å². The van der Waals surface area contributed by atoms with Gasteiger partial charge in [-0.3, -0.25) is 4.79 Å². The van der Waals surface area contributed by atoms with Crippen LogP contribution in [0, 0.1) is 11.3 Å². The maximum atomic E-state index is 12.3. The zero-order valence-corrected chi connectivity index (χ0v) is 18.5. The topological polar surface area (TPSA) is 84.5 Å². The first-order chi connectivity index (χ1) is 15.1. The third-order valence-corrected chi connectivity index (χ3v) is 4.78. The van der Waals surface area contributed by atoms with Crippen LogP contribution < -0.4 is 14.8 Å². The highest BCUT2D eigenvalue weighted by atomic mass is 79.9. The van der Waals surface area contributed by atoms with E-state index in [0.29, 0.717) is 36.0 Å². The number of benzene rings is 2. The molecule has 0 aliphatic carbocycles. The molecule has 0 atom stereocenters. The molecule has 6 nitrogen and oxygen atoms in total. The van der Waals surface area contributed by atoms with Crippen molar-refractivity contribution in [2.75, 3.05) is 6.61 Å². The molecule has 3 rings (SSSR count). The minimum absolute atomic E-state index is 0.0162. The van der Waals surface area contributed by atoms with E-state index in [1.165, 1.54) is 12.3 Å². The van der Waals surface area contributed by atoms with Gasteiger partial charge in [0.05, 0.1) is 19.4 Å². The molecular formula is C24H21BrN2O4. The van der Waals surface area contributed by atoms with E-state index in [4.69, 9.17) is 13.9 Å². The van der Waals surface area contributed by atoms with Crippen LogP contribution in [0.25, 0.3) is 6.08 Å². The highest BCUT2D eigenvalue weighted by Gasteiger charge is 2.12. The molecule has 0 aliphatic rings. The number of carbonyl (C=O) groups excluding carboxylic acids is 1. The molecule has 7 heteroatoms. The summed E-state index contributed by atoms with van der Waals surface area (Å²) >= 11 is 3.41. The number of nitrogens with zero attached hydrogens (tertiary/aromatic N) is 1. The van der Waals surface area contributed by atoms with Crippen molar-refractivity contribution in [3.63, 3.8) is 0 Å². The minimum atomic E-state index is -0.479. The standard InChI is InChI=1S/C24H21BrN2O4/c1-2-29-23-13-18(7-10-22(23)31-16-17-5-8-20(25)9-6-17)12-19(14-26)24(28)27-15-21-4-3-11-30-21/h3-13H,2,15-16H2,1H3,(H,27,28)/b19-12+. The Morgan fingerprint density at radius 1 is 1.16 bits per heavy atom. The van der Waals surface area contributed by atoms with Crippen LogP contribution in [0.5, 0.6) is 11.5 Å². The van der Waals surface area contributed by atoms with Crippen LogP contribution in [0.4, 0.5) is 0 Å². The van der Waals surface area contributed by atoms with E-state index in [0.717, 1.165) is 10.0 Å². The van der Waals surface area contributed by atoms with Gasteiger partial charge in [-0.2, -0.15) is 5.26 Å². The van der Waals surface area contributed by atoms with Crippen molar-refractivity contribution in [2.45, 2.75) is 20.1 Å². The molecule has 158 valence electrons. The quantitative estimate of drug-likeness (QED) is 0.334. The van der Waals surface area contributed by atoms with E-state index in [2.05, 4.69) is 21.2 Å². The minimum Gasteiger partial charge on any atom is -0.490 e. The van der Waals surface area contributed by atoms with Crippen LogP contribution >= 0.6 is 15.9 Å². The first-order valence-corrected chi connectivity index (χ1v) is 10.4. The molecule has 3 aromatic rings.